The first-order valence-corrected chi connectivity index (χ1v) is 14.9. The average molecular weight is 537 g/mol. The van der Waals surface area contributed by atoms with Crippen molar-refractivity contribution in [1.82, 2.24) is 0 Å². The van der Waals surface area contributed by atoms with Crippen LogP contribution in [0.25, 0.3) is 85.5 Å². The second-order valence-electron chi connectivity index (χ2n) is 10.9. The second kappa shape index (κ2) is 8.76. The van der Waals surface area contributed by atoms with Crippen molar-refractivity contribution in [1.29, 1.82) is 0 Å². The molecule has 0 aliphatic rings. The van der Waals surface area contributed by atoms with Gasteiger partial charge in [-0.25, -0.2) is 0 Å². The van der Waals surface area contributed by atoms with Gasteiger partial charge in [0.25, 0.3) is 0 Å². The third-order valence-electron chi connectivity index (χ3n) is 8.62. The molecule has 190 valence electrons. The number of thiophene rings is 1. The number of hydrogen-bond acceptors (Lipinski definition) is 1. The van der Waals surface area contributed by atoms with Crippen LogP contribution in [0.5, 0.6) is 0 Å². The molecule has 8 aromatic carbocycles. The normalized spacial score (nSPS) is 11.9. The van der Waals surface area contributed by atoms with E-state index in [9.17, 15) is 0 Å². The van der Waals surface area contributed by atoms with E-state index < -0.39 is 0 Å². The molecule has 0 N–H and O–H groups in total. The van der Waals surface area contributed by atoms with Gasteiger partial charge >= 0.3 is 0 Å². The fourth-order valence-electron chi connectivity index (χ4n) is 6.79. The Kier molecular flexibility index (Phi) is 4.87. The van der Waals surface area contributed by atoms with Crippen LogP contribution in [0.1, 0.15) is 0 Å². The first-order valence-electron chi connectivity index (χ1n) is 14.1. The minimum absolute atomic E-state index is 1.26. The van der Waals surface area contributed by atoms with Gasteiger partial charge < -0.3 is 0 Å². The molecule has 0 amide bonds. The molecule has 41 heavy (non-hydrogen) atoms. The van der Waals surface area contributed by atoms with E-state index in [0.29, 0.717) is 0 Å². The Balaban J connectivity index is 1.47. The summed E-state index contributed by atoms with van der Waals surface area (Å²) in [6, 6.07) is 53.9. The Hall–Kier alpha value is -4.98. The molecular weight excluding hydrogens is 513 g/mol. The van der Waals surface area contributed by atoms with E-state index in [-0.39, 0.29) is 0 Å². The van der Waals surface area contributed by atoms with E-state index >= 15 is 0 Å². The van der Waals surface area contributed by atoms with Crippen molar-refractivity contribution in [2.24, 2.45) is 0 Å². The van der Waals surface area contributed by atoms with Crippen LogP contribution < -0.4 is 0 Å². The summed E-state index contributed by atoms with van der Waals surface area (Å²) in [5.41, 5.74) is 5.14. The molecule has 0 saturated carbocycles. The van der Waals surface area contributed by atoms with Crippen molar-refractivity contribution in [3.05, 3.63) is 146 Å². The minimum Gasteiger partial charge on any atom is -0.135 e. The Labute approximate surface area is 241 Å². The fraction of sp³-hybridized carbons (Fsp3) is 0. The molecule has 0 radical (unpaired) electrons. The third kappa shape index (κ3) is 3.40. The van der Waals surface area contributed by atoms with Crippen molar-refractivity contribution in [3.63, 3.8) is 0 Å². The molecular formula is C40H24S. The number of rotatable bonds is 2. The maximum absolute atomic E-state index is 2.42. The van der Waals surface area contributed by atoms with E-state index in [2.05, 4.69) is 146 Å². The Bertz CT molecular complexity index is 2480. The topological polar surface area (TPSA) is 0 Å². The lowest BCUT2D eigenvalue weighted by Crippen LogP contribution is -1.92. The molecule has 0 unspecified atom stereocenters. The zero-order valence-electron chi connectivity index (χ0n) is 22.3. The Morgan fingerprint density at radius 1 is 0.317 bits per heavy atom. The van der Waals surface area contributed by atoms with E-state index in [1.165, 1.54) is 85.5 Å². The molecule has 0 fully saturated rings. The minimum atomic E-state index is 1.26. The molecule has 0 saturated heterocycles. The first-order chi connectivity index (χ1) is 20.3. The van der Waals surface area contributed by atoms with Gasteiger partial charge in [-0.15, -0.1) is 11.3 Å². The first kappa shape index (κ1) is 22.8. The van der Waals surface area contributed by atoms with Crippen molar-refractivity contribution in [2.45, 2.75) is 0 Å². The molecule has 9 aromatic rings. The summed E-state index contributed by atoms with van der Waals surface area (Å²) in [7, 11) is 0. The zero-order chi connectivity index (χ0) is 26.9. The maximum Gasteiger partial charge on any atom is 0.0355 e. The highest BCUT2D eigenvalue weighted by atomic mass is 32.1. The Morgan fingerprint density at radius 3 is 1.76 bits per heavy atom. The van der Waals surface area contributed by atoms with E-state index in [4.69, 9.17) is 0 Å². The summed E-state index contributed by atoms with van der Waals surface area (Å²) >= 11 is 1.88. The summed E-state index contributed by atoms with van der Waals surface area (Å²) in [6.07, 6.45) is 0. The van der Waals surface area contributed by atoms with Crippen LogP contribution in [0.4, 0.5) is 0 Å². The maximum atomic E-state index is 2.42. The smallest absolute Gasteiger partial charge is 0.0355 e. The van der Waals surface area contributed by atoms with Gasteiger partial charge in [0.2, 0.25) is 0 Å². The van der Waals surface area contributed by atoms with Gasteiger partial charge in [0.05, 0.1) is 0 Å². The van der Waals surface area contributed by atoms with Crippen LogP contribution in [0.15, 0.2) is 146 Å². The third-order valence-corrected chi connectivity index (χ3v) is 9.77. The predicted molar refractivity (Wildman–Crippen MR) is 180 cm³/mol. The van der Waals surface area contributed by atoms with Crippen molar-refractivity contribution >= 4 is 74.6 Å². The molecule has 1 heteroatoms. The van der Waals surface area contributed by atoms with Crippen LogP contribution in [0.3, 0.4) is 0 Å². The van der Waals surface area contributed by atoms with Crippen LogP contribution >= 0.6 is 11.3 Å². The number of hydrogen-bond donors (Lipinski definition) is 0. The van der Waals surface area contributed by atoms with Gasteiger partial charge in [-0.3, -0.25) is 0 Å². The number of fused-ring (bicyclic) bond motifs is 8. The quantitative estimate of drug-likeness (QED) is 0.152. The lowest BCUT2D eigenvalue weighted by molar-refractivity contribution is 1.69. The molecule has 1 aromatic heterocycles. The summed E-state index contributed by atoms with van der Waals surface area (Å²) in [4.78, 5) is 0. The van der Waals surface area contributed by atoms with Crippen LogP contribution in [0, 0.1) is 0 Å². The van der Waals surface area contributed by atoms with E-state index in [1.807, 2.05) is 11.3 Å². The van der Waals surface area contributed by atoms with E-state index in [1.54, 1.807) is 0 Å². The van der Waals surface area contributed by atoms with Gasteiger partial charge in [0.1, 0.15) is 0 Å². The zero-order valence-corrected chi connectivity index (χ0v) is 23.1. The number of benzene rings is 8. The lowest BCUT2D eigenvalue weighted by Gasteiger charge is -2.19. The van der Waals surface area contributed by atoms with Crippen molar-refractivity contribution in [2.75, 3.05) is 0 Å². The van der Waals surface area contributed by atoms with Crippen LogP contribution in [-0.4, -0.2) is 0 Å². The van der Waals surface area contributed by atoms with Crippen LogP contribution in [0.2, 0.25) is 0 Å². The molecule has 0 nitrogen and oxygen atoms in total. The summed E-state index contributed by atoms with van der Waals surface area (Å²) in [5.74, 6) is 0. The monoisotopic (exact) mass is 536 g/mol. The molecule has 0 spiro atoms. The Morgan fingerprint density at radius 2 is 0.902 bits per heavy atom. The van der Waals surface area contributed by atoms with Crippen LogP contribution in [-0.2, 0) is 0 Å². The van der Waals surface area contributed by atoms with Gasteiger partial charge in [0.15, 0.2) is 0 Å². The molecule has 0 atom stereocenters. The highest BCUT2D eigenvalue weighted by Crippen LogP contribution is 2.47. The fourth-order valence-corrected chi connectivity index (χ4v) is 7.87. The second-order valence-corrected chi connectivity index (χ2v) is 12.0. The molecule has 0 aliphatic carbocycles. The molecule has 0 bridgehead atoms. The molecule has 1 heterocycles. The molecule has 9 rings (SSSR count). The van der Waals surface area contributed by atoms with Crippen molar-refractivity contribution in [3.8, 4) is 22.3 Å². The van der Waals surface area contributed by atoms with Gasteiger partial charge in [-0.05, 0) is 89.6 Å². The summed E-state index contributed by atoms with van der Waals surface area (Å²) in [6.45, 7) is 0. The van der Waals surface area contributed by atoms with Crippen molar-refractivity contribution < 1.29 is 0 Å². The van der Waals surface area contributed by atoms with Gasteiger partial charge in [0, 0.05) is 20.2 Å². The van der Waals surface area contributed by atoms with E-state index in [0.717, 1.165) is 0 Å². The average Bonchev–Trinajstić information content (AvgIpc) is 3.41. The standard InChI is InChI=1S/C40H24S/c1-2-11-27-23-28(18-17-25(27)9-1)38-32-14-5-6-15-33(32)39(40-30-12-4-3-10-26(30)19-21-34(38)40)29-20-22-37-35(24-29)31-13-7-8-16-36(31)41-37/h1-24H. The molecule has 0 aliphatic heterocycles. The van der Waals surface area contributed by atoms with Gasteiger partial charge in [-0.1, -0.05) is 121 Å². The summed E-state index contributed by atoms with van der Waals surface area (Å²) < 4.78 is 2.67. The highest BCUT2D eigenvalue weighted by Gasteiger charge is 2.19. The SMILES string of the molecule is c1ccc2cc(-c3c4ccccc4c(-c4ccc5sc6ccccc6c5c4)c4c3ccc3ccccc34)ccc2c1. The largest absolute Gasteiger partial charge is 0.135 e. The van der Waals surface area contributed by atoms with Gasteiger partial charge in [-0.2, -0.15) is 0 Å². The summed E-state index contributed by atoms with van der Waals surface area (Å²) in [5, 5.41) is 13.0. The lowest BCUT2D eigenvalue weighted by atomic mass is 9.83. The highest BCUT2D eigenvalue weighted by molar-refractivity contribution is 7.25. The predicted octanol–water partition coefficient (Wildman–Crippen LogP) is 12.0.